The van der Waals surface area contributed by atoms with Gasteiger partial charge in [-0.05, 0) is 37.1 Å². The van der Waals surface area contributed by atoms with Crippen LogP contribution in [0.3, 0.4) is 0 Å². The van der Waals surface area contributed by atoms with E-state index in [1.807, 2.05) is 6.07 Å². The molecule has 0 saturated carbocycles. The summed E-state index contributed by atoms with van der Waals surface area (Å²) in [6.07, 6.45) is 1.36. The first-order valence-corrected chi connectivity index (χ1v) is 5.22. The van der Waals surface area contributed by atoms with Crippen LogP contribution in [0.25, 0.3) is 0 Å². The Morgan fingerprint density at radius 2 is 2.43 bits per heavy atom. The van der Waals surface area contributed by atoms with Gasteiger partial charge in [0, 0.05) is 12.6 Å². The van der Waals surface area contributed by atoms with Crippen LogP contribution in [-0.4, -0.2) is 18.8 Å². The highest BCUT2D eigenvalue weighted by molar-refractivity contribution is 6.28. The van der Waals surface area contributed by atoms with Crippen LogP contribution in [0.2, 0.25) is 5.22 Å². The third-order valence-corrected chi connectivity index (χ3v) is 2.75. The normalized spacial score (nSPS) is 27.0. The van der Waals surface area contributed by atoms with E-state index in [1.165, 1.54) is 0 Å². The first kappa shape index (κ1) is 10.0. The minimum atomic E-state index is 0.292. The van der Waals surface area contributed by atoms with Crippen LogP contribution in [0, 0.1) is 0 Å². The molecule has 2 rings (SSSR count). The minimum Gasteiger partial charge on any atom is -0.448 e. The lowest BCUT2D eigenvalue weighted by molar-refractivity contribution is 0.112. The van der Waals surface area contributed by atoms with Crippen LogP contribution in [0.5, 0.6) is 0 Å². The maximum atomic E-state index is 5.67. The van der Waals surface area contributed by atoms with Gasteiger partial charge in [-0.1, -0.05) is 0 Å². The van der Waals surface area contributed by atoms with Crippen molar-refractivity contribution in [1.82, 2.24) is 5.32 Å². The number of nitrogens with one attached hydrogen (secondary N) is 1. The van der Waals surface area contributed by atoms with Gasteiger partial charge < -0.3 is 14.5 Å². The Labute approximate surface area is 88.4 Å². The van der Waals surface area contributed by atoms with Gasteiger partial charge in [0.05, 0.1) is 12.6 Å². The quantitative estimate of drug-likeness (QED) is 0.840. The third-order valence-electron chi connectivity index (χ3n) is 2.54. The Kier molecular flexibility index (Phi) is 3.11. The van der Waals surface area contributed by atoms with Crippen molar-refractivity contribution in [3.05, 3.63) is 23.1 Å². The van der Waals surface area contributed by atoms with Crippen LogP contribution >= 0.6 is 11.6 Å². The van der Waals surface area contributed by atoms with Gasteiger partial charge in [-0.2, -0.15) is 0 Å². The van der Waals surface area contributed by atoms with E-state index in [0.29, 0.717) is 23.9 Å². The molecule has 14 heavy (non-hydrogen) atoms. The maximum Gasteiger partial charge on any atom is 0.193 e. The number of rotatable bonds is 3. The van der Waals surface area contributed by atoms with Crippen LogP contribution < -0.4 is 5.32 Å². The van der Waals surface area contributed by atoms with E-state index in [-0.39, 0.29) is 0 Å². The average molecular weight is 216 g/mol. The Balaban J connectivity index is 1.82. The van der Waals surface area contributed by atoms with Gasteiger partial charge in [0.25, 0.3) is 0 Å². The van der Waals surface area contributed by atoms with Crippen molar-refractivity contribution < 1.29 is 9.15 Å². The van der Waals surface area contributed by atoms with Crippen molar-refractivity contribution in [1.29, 1.82) is 0 Å². The van der Waals surface area contributed by atoms with E-state index >= 15 is 0 Å². The Hall–Kier alpha value is -0.510. The molecule has 0 radical (unpaired) electrons. The molecule has 1 aromatic heterocycles. The highest BCUT2D eigenvalue weighted by Crippen LogP contribution is 2.16. The molecule has 78 valence electrons. The van der Waals surface area contributed by atoms with Crippen LogP contribution in [0.15, 0.2) is 16.5 Å². The second-order valence-corrected chi connectivity index (χ2v) is 3.93. The summed E-state index contributed by atoms with van der Waals surface area (Å²) in [7, 11) is 0. The number of hydrogen-bond acceptors (Lipinski definition) is 3. The summed E-state index contributed by atoms with van der Waals surface area (Å²) in [5.41, 5.74) is 0. The second kappa shape index (κ2) is 4.34. The van der Waals surface area contributed by atoms with Gasteiger partial charge in [-0.3, -0.25) is 0 Å². The van der Waals surface area contributed by atoms with E-state index < -0.39 is 0 Å². The molecule has 1 fully saturated rings. The highest BCUT2D eigenvalue weighted by Gasteiger charge is 2.23. The van der Waals surface area contributed by atoms with Crippen molar-refractivity contribution >= 4 is 11.6 Å². The predicted octanol–water partition coefficient (Wildman–Crippen LogP) is 2.20. The molecule has 4 heteroatoms. The lowest BCUT2D eigenvalue weighted by Gasteiger charge is -2.14. The first-order chi connectivity index (χ1) is 6.75. The molecule has 1 aromatic rings. The number of halogens is 1. The van der Waals surface area contributed by atoms with E-state index in [4.69, 9.17) is 20.8 Å². The molecule has 0 amide bonds. The molecular weight excluding hydrogens is 202 g/mol. The van der Waals surface area contributed by atoms with E-state index in [0.717, 1.165) is 18.8 Å². The van der Waals surface area contributed by atoms with Crippen LogP contribution in [0.4, 0.5) is 0 Å². The zero-order chi connectivity index (χ0) is 9.97. The first-order valence-electron chi connectivity index (χ1n) is 4.85. The molecule has 1 aliphatic rings. The summed E-state index contributed by atoms with van der Waals surface area (Å²) in [4.78, 5) is 0. The van der Waals surface area contributed by atoms with Gasteiger partial charge in [-0.15, -0.1) is 0 Å². The molecule has 0 aliphatic carbocycles. The predicted molar refractivity (Wildman–Crippen MR) is 54.4 cm³/mol. The van der Waals surface area contributed by atoms with Crippen molar-refractivity contribution in [2.45, 2.75) is 32.0 Å². The van der Waals surface area contributed by atoms with Gasteiger partial charge >= 0.3 is 0 Å². The average Bonchev–Trinajstić information content (AvgIpc) is 2.72. The van der Waals surface area contributed by atoms with Gasteiger partial charge in [0.15, 0.2) is 5.22 Å². The van der Waals surface area contributed by atoms with Gasteiger partial charge in [-0.25, -0.2) is 0 Å². The molecule has 1 aliphatic heterocycles. The second-order valence-electron chi connectivity index (χ2n) is 3.56. The largest absolute Gasteiger partial charge is 0.448 e. The van der Waals surface area contributed by atoms with E-state index in [9.17, 15) is 0 Å². The molecule has 2 atom stereocenters. The van der Waals surface area contributed by atoms with E-state index in [1.54, 1.807) is 6.07 Å². The molecule has 0 bridgehead atoms. The summed E-state index contributed by atoms with van der Waals surface area (Å²) < 4.78 is 10.7. The molecule has 0 aromatic carbocycles. The Bertz CT molecular complexity index is 300. The molecule has 3 nitrogen and oxygen atoms in total. The SMILES string of the molecule is CC1OCCC1NCc1ccc(Cl)o1. The summed E-state index contributed by atoms with van der Waals surface area (Å²) in [5, 5.41) is 3.83. The van der Waals surface area contributed by atoms with Gasteiger partial charge in [0.1, 0.15) is 5.76 Å². The number of hydrogen-bond donors (Lipinski definition) is 1. The lowest BCUT2D eigenvalue weighted by atomic mass is 10.1. The smallest absolute Gasteiger partial charge is 0.193 e. The lowest BCUT2D eigenvalue weighted by Crippen LogP contribution is -2.33. The maximum absolute atomic E-state index is 5.67. The summed E-state index contributed by atoms with van der Waals surface area (Å²) >= 11 is 5.67. The number of furan rings is 1. The van der Waals surface area contributed by atoms with Crippen molar-refractivity contribution in [3.63, 3.8) is 0 Å². The van der Waals surface area contributed by atoms with E-state index in [2.05, 4.69) is 12.2 Å². The van der Waals surface area contributed by atoms with Crippen molar-refractivity contribution in [3.8, 4) is 0 Å². The van der Waals surface area contributed by atoms with Crippen LogP contribution in [-0.2, 0) is 11.3 Å². The minimum absolute atomic E-state index is 0.292. The Morgan fingerprint density at radius 1 is 1.57 bits per heavy atom. The highest BCUT2D eigenvalue weighted by atomic mass is 35.5. The zero-order valence-corrected chi connectivity index (χ0v) is 8.88. The summed E-state index contributed by atoms with van der Waals surface area (Å²) in [6, 6.07) is 4.07. The fourth-order valence-electron chi connectivity index (χ4n) is 1.68. The third kappa shape index (κ3) is 2.29. The van der Waals surface area contributed by atoms with Crippen molar-refractivity contribution in [2.75, 3.05) is 6.61 Å². The molecule has 1 N–H and O–H groups in total. The fraction of sp³-hybridized carbons (Fsp3) is 0.600. The van der Waals surface area contributed by atoms with Crippen LogP contribution in [0.1, 0.15) is 19.1 Å². The molecule has 1 saturated heterocycles. The molecule has 2 heterocycles. The molecule has 2 unspecified atom stereocenters. The monoisotopic (exact) mass is 215 g/mol. The molecule has 0 spiro atoms. The van der Waals surface area contributed by atoms with Crippen molar-refractivity contribution in [2.24, 2.45) is 0 Å². The summed E-state index contributed by atoms with van der Waals surface area (Å²) in [5.74, 6) is 0.870. The zero-order valence-electron chi connectivity index (χ0n) is 8.13. The fourth-order valence-corrected chi connectivity index (χ4v) is 1.84. The van der Waals surface area contributed by atoms with Gasteiger partial charge in [0.2, 0.25) is 0 Å². The topological polar surface area (TPSA) is 34.4 Å². The molecular formula is C10H14ClNO2. The number of ether oxygens (including phenoxy) is 1. The Morgan fingerprint density at radius 3 is 3.00 bits per heavy atom. The summed E-state index contributed by atoms with van der Waals surface area (Å²) in [6.45, 7) is 3.64. The standard InChI is InChI=1S/C10H14ClNO2/c1-7-9(4-5-13-7)12-6-8-2-3-10(11)14-8/h2-3,7,9,12H,4-6H2,1H3.